The molecule has 3 amide bonds. The van der Waals surface area contributed by atoms with Crippen molar-refractivity contribution in [2.24, 2.45) is 0 Å². The van der Waals surface area contributed by atoms with Crippen LogP contribution < -0.4 is 5.32 Å². The first-order valence-corrected chi connectivity index (χ1v) is 4.86. The molecule has 6 nitrogen and oxygen atoms in total. The fraction of sp³-hybridized carbons (Fsp3) is 0.182. The van der Waals surface area contributed by atoms with Gasteiger partial charge in [-0.25, -0.2) is 4.79 Å². The summed E-state index contributed by atoms with van der Waals surface area (Å²) in [5, 5.41) is 5.59. The van der Waals surface area contributed by atoms with Gasteiger partial charge in [0, 0.05) is 0 Å². The van der Waals surface area contributed by atoms with Crippen molar-refractivity contribution in [2.45, 2.75) is 6.04 Å². The molecule has 1 N–H and O–H groups in total. The maximum atomic E-state index is 11.6. The minimum Gasteiger partial charge on any atom is -0.681 e. The quantitative estimate of drug-likeness (QED) is 0.718. The topological polar surface area (TPSA) is 86.6 Å². The summed E-state index contributed by atoms with van der Waals surface area (Å²) < 4.78 is 4.57. The van der Waals surface area contributed by atoms with E-state index in [1.807, 2.05) is 5.32 Å². The number of nitrogens with zero attached hydrogens (tertiary/aromatic N) is 1. The zero-order valence-corrected chi connectivity index (χ0v) is 12.0. The zero-order valence-electron chi connectivity index (χ0n) is 9.08. The van der Waals surface area contributed by atoms with Crippen LogP contribution in [0.15, 0.2) is 24.3 Å². The second-order valence-corrected chi connectivity index (χ2v) is 3.31. The van der Waals surface area contributed by atoms with E-state index in [1.165, 1.54) is 0 Å². The van der Waals surface area contributed by atoms with E-state index < -0.39 is 23.9 Å². The Morgan fingerprint density at radius 2 is 2.22 bits per heavy atom. The molecule has 1 aromatic carbocycles. The Bertz CT molecular complexity index is 463. The second kappa shape index (κ2) is 6.30. The maximum absolute atomic E-state index is 11.6. The summed E-state index contributed by atoms with van der Waals surface area (Å²) in [5.74, 6) is -1.20. The molecule has 18 heavy (non-hydrogen) atoms. The largest absolute Gasteiger partial charge is 2.00 e. The van der Waals surface area contributed by atoms with Gasteiger partial charge in [-0.15, -0.1) is 35.9 Å². The summed E-state index contributed by atoms with van der Waals surface area (Å²) in [6.45, 7) is -0.219. The van der Waals surface area contributed by atoms with Crippen molar-refractivity contribution in [3.05, 3.63) is 41.2 Å². The van der Waals surface area contributed by atoms with Crippen molar-refractivity contribution in [1.29, 1.82) is 0 Å². The van der Waals surface area contributed by atoms with Crippen LogP contribution in [0.2, 0.25) is 0 Å². The molecule has 0 aliphatic carbocycles. The molecule has 0 radical (unpaired) electrons. The first-order chi connectivity index (χ1) is 8.16. The van der Waals surface area contributed by atoms with Gasteiger partial charge in [0.1, 0.15) is 0 Å². The number of cyclic esters (lactones) is 1. The third kappa shape index (κ3) is 3.40. The van der Waals surface area contributed by atoms with Gasteiger partial charge in [0.25, 0.3) is 0 Å². The van der Waals surface area contributed by atoms with Gasteiger partial charge in [-0.05, 0) is 11.9 Å². The standard InChI is InChI=1S/C11H9N2O4.W/c14-9(7-4-2-1-3-5-7)12-8-6-17-11(16)13-10(8)15;/h1-4,8H,6H2,(H2,12,13,14,15,16);/q-1;+2/p-1/t8-;/m1./s1. The van der Waals surface area contributed by atoms with Gasteiger partial charge in [-0.3, -0.25) is 10.1 Å². The number of hydrogen-bond acceptors (Lipinski definition) is 4. The number of carbonyl (C=O) groups excluding carboxylic acids is 3. The SMILES string of the molecule is O=C1NC(=O)[C@H]([N-]C(=O)c2[c-]cccc2)CO1.[W+2]. The molecule has 0 aromatic heterocycles. The predicted octanol–water partition coefficient (Wildman–Crippen LogP) is 0.633. The summed E-state index contributed by atoms with van der Waals surface area (Å²) in [6.07, 6.45) is -0.819. The van der Waals surface area contributed by atoms with E-state index in [-0.39, 0.29) is 33.2 Å². The normalized spacial score (nSPS) is 18.1. The Hall–Kier alpha value is -1.68. The number of imide groups is 1. The summed E-state index contributed by atoms with van der Waals surface area (Å²) in [4.78, 5) is 33.6. The van der Waals surface area contributed by atoms with Crippen molar-refractivity contribution in [3.8, 4) is 0 Å². The molecule has 0 saturated carbocycles. The number of amides is 3. The van der Waals surface area contributed by atoms with Gasteiger partial charge < -0.3 is 14.8 Å². The molecule has 1 fully saturated rings. The van der Waals surface area contributed by atoms with Crippen LogP contribution in [0.3, 0.4) is 0 Å². The van der Waals surface area contributed by atoms with E-state index in [0.717, 1.165) is 0 Å². The smallest absolute Gasteiger partial charge is 0.681 e. The van der Waals surface area contributed by atoms with Crippen molar-refractivity contribution in [1.82, 2.24) is 5.32 Å². The number of rotatable bonds is 2. The predicted molar refractivity (Wildman–Crippen MR) is 56.2 cm³/mol. The minimum absolute atomic E-state index is 0. The van der Waals surface area contributed by atoms with Crippen LogP contribution in [-0.2, 0) is 30.6 Å². The molecule has 1 aliphatic rings. The monoisotopic (exact) mass is 416 g/mol. The van der Waals surface area contributed by atoms with E-state index in [9.17, 15) is 14.4 Å². The Kier molecular flexibility index (Phi) is 5.04. The van der Waals surface area contributed by atoms with Gasteiger partial charge in [0.05, 0.1) is 6.61 Å². The number of hydrogen-bond donors (Lipinski definition) is 1. The third-order valence-corrected chi connectivity index (χ3v) is 2.11. The number of carbonyl (C=O) groups is 3. The minimum atomic E-state index is -0.992. The molecule has 1 aromatic rings. The number of alkyl carbamates (subject to hydrolysis) is 1. The van der Waals surface area contributed by atoms with Crippen molar-refractivity contribution < 1.29 is 40.2 Å². The molecule has 1 atom stereocenters. The average Bonchev–Trinajstić information content (AvgIpc) is 2.34. The zero-order chi connectivity index (χ0) is 12.3. The molecular formula is C11H8N2O4W. The van der Waals surface area contributed by atoms with Crippen LogP contribution in [0.25, 0.3) is 5.32 Å². The molecular weight excluding hydrogens is 408 g/mol. The second-order valence-electron chi connectivity index (χ2n) is 3.31. The maximum Gasteiger partial charge on any atom is 2.00 e. The van der Waals surface area contributed by atoms with Gasteiger partial charge in [0.15, 0.2) is 0 Å². The molecule has 7 heteroatoms. The molecule has 1 saturated heterocycles. The van der Waals surface area contributed by atoms with Gasteiger partial charge in [-0.2, -0.15) is 0 Å². The number of benzene rings is 1. The van der Waals surface area contributed by atoms with Gasteiger partial charge >= 0.3 is 27.2 Å². The van der Waals surface area contributed by atoms with Crippen LogP contribution >= 0.6 is 0 Å². The molecule has 0 spiro atoms. The van der Waals surface area contributed by atoms with Crippen molar-refractivity contribution in [3.63, 3.8) is 0 Å². The van der Waals surface area contributed by atoms with Crippen LogP contribution in [0.4, 0.5) is 4.79 Å². The van der Waals surface area contributed by atoms with E-state index in [1.54, 1.807) is 24.3 Å². The Balaban J connectivity index is 0.00000162. The Labute approximate surface area is 117 Å². The fourth-order valence-corrected chi connectivity index (χ4v) is 1.28. The Morgan fingerprint density at radius 1 is 1.44 bits per heavy atom. The van der Waals surface area contributed by atoms with E-state index in [4.69, 9.17) is 0 Å². The molecule has 2 rings (SSSR count). The molecule has 1 heterocycles. The fourth-order valence-electron chi connectivity index (χ4n) is 1.28. The van der Waals surface area contributed by atoms with Crippen molar-refractivity contribution in [2.75, 3.05) is 6.61 Å². The molecule has 0 bridgehead atoms. The Morgan fingerprint density at radius 3 is 2.83 bits per heavy atom. The van der Waals surface area contributed by atoms with Crippen LogP contribution in [-0.4, -0.2) is 30.6 Å². The first kappa shape index (κ1) is 14.4. The summed E-state index contributed by atoms with van der Waals surface area (Å²) in [6, 6.07) is 8.20. The number of nitrogens with one attached hydrogen (secondary N) is 1. The van der Waals surface area contributed by atoms with Crippen LogP contribution in [0, 0.1) is 6.07 Å². The van der Waals surface area contributed by atoms with E-state index in [0.29, 0.717) is 0 Å². The van der Waals surface area contributed by atoms with Crippen molar-refractivity contribution >= 4 is 17.9 Å². The molecule has 1 aliphatic heterocycles. The molecule has 0 unspecified atom stereocenters. The first-order valence-electron chi connectivity index (χ1n) is 4.86. The van der Waals surface area contributed by atoms with Crippen LogP contribution in [0.5, 0.6) is 0 Å². The molecule has 92 valence electrons. The van der Waals surface area contributed by atoms with E-state index in [2.05, 4.69) is 16.1 Å². The van der Waals surface area contributed by atoms with Gasteiger partial charge in [0.2, 0.25) is 5.91 Å². The summed E-state index contributed by atoms with van der Waals surface area (Å²) in [5.41, 5.74) is 0.261. The summed E-state index contributed by atoms with van der Waals surface area (Å²) >= 11 is 0. The van der Waals surface area contributed by atoms with E-state index >= 15 is 0 Å². The average molecular weight is 416 g/mol. The van der Waals surface area contributed by atoms with Crippen LogP contribution in [0.1, 0.15) is 10.4 Å². The number of ether oxygens (including phenoxy) is 1. The van der Waals surface area contributed by atoms with Gasteiger partial charge in [-0.1, -0.05) is 0 Å². The summed E-state index contributed by atoms with van der Waals surface area (Å²) in [7, 11) is 0. The third-order valence-electron chi connectivity index (χ3n) is 2.11.